The van der Waals surface area contributed by atoms with E-state index in [4.69, 9.17) is 4.74 Å². The summed E-state index contributed by atoms with van der Waals surface area (Å²) in [6.45, 7) is 1.50. The fraction of sp³-hybridized carbons (Fsp3) is 0.250. The number of amides is 1. The van der Waals surface area contributed by atoms with Gasteiger partial charge in [0.15, 0.2) is 24.0 Å². The van der Waals surface area contributed by atoms with Crippen molar-refractivity contribution in [3.63, 3.8) is 0 Å². The van der Waals surface area contributed by atoms with Crippen molar-refractivity contribution in [3.05, 3.63) is 65.2 Å². The maximum atomic E-state index is 13.2. The van der Waals surface area contributed by atoms with Crippen LogP contribution in [0, 0.1) is 24.5 Å². The number of rotatable bonds is 5. The number of ketones is 1. The summed E-state index contributed by atoms with van der Waals surface area (Å²) >= 11 is 0. The van der Waals surface area contributed by atoms with Crippen LogP contribution in [-0.4, -0.2) is 30.8 Å². The van der Waals surface area contributed by atoms with E-state index in [0.29, 0.717) is 5.69 Å². The minimum absolute atomic E-state index is 0.00786. The molecule has 1 amide bonds. The maximum absolute atomic E-state index is 13.2. The van der Waals surface area contributed by atoms with Crippen LogP contribution in [0.25, 0.3) is 0 Å². The highest BCUT2D eigenvalue weighted by atomic mass is 19.2. The van der Waals surface area contributed by atoms with E-state index in [0.717, 1.165) is 23.8 Å². The summed E-state index contributed by atoms with van der Waals surface area (Å²) < 4.78 is 31.1. The first-order chi connectivity index (χ1) is 12.8. The minimum atomic E-state index is -1.15. The van der Waals surface area contributed by atoms with E-state index in [1.807, 2.05) is 19.1 Å². The van der Waals surface area contributed by atoms with Gasteiger partial charge in [0.05, 0.1) is 5.92 Å². The molecule has 0 spiro atoms. The first-order valence-corrected chi connectivity index (χ1v) is 8.37. The number of Topliss-reactive ketones (excluding diaryl/α,β-unsaturated/α-hetero) is 1. The fourth-order valence-corrected chi connectivity index (χ4v) is 2.85. The zero-order valence-electron chi connectivity index (χ0n) is 14.6. The minimum Gasteiger partial charge on any atom is -0.457 e. The molecule has 1 atom stereocenters. The summed E-state index contributed by atoms with van der Waals surface area (Å²) in [4.78, 5) is 37.8. The molecule has 27 heavy (non-hydrogen) atoms. The molecule has 1 aliphatic rings. The molecule has 1 heterocycles. The van der Waals surface area contributed by atoms with Gasteiger partial charge in [-0.15, -0.1) is 0 Å². The van der Waals surface area contributed by atoms with Crippen molar-refractivity contribution < 1.29 is 27.9 Å². The summed E-state index contributed by atoms with van der Waals surface area (Å²) in [7, 11) is 0. The zero-order chi connectivity index (χ0) is 19.6. The van der Waals surface area contributed by atoms with Crippen molar-refractivity contribution >= 4 is 23.3 Å². The molecule has 1 unspecified atom stereocenters. The highest BCUT2D eigenvalue weighted by Gasteiger charge is 2.36. The average Bonchev–Trinajstić information content (AvgIpc) is 3.04. The van der Waals surface area contributed by atoms with E-state index in [1.54, 1.807) is 12.1 Å². The number of nitrogens with zero attached hydrogens (tertiary/aromatic N) is 1. The molecule has 7 heteroatoms. The van der Waals surface area contributed by atoms with Gasteiger partial charge in [0.1, 0.15) is 0 Å². The molecule has 1 fully saturated rings. The van der Waals surface area contributed by atoms with E-state index in [9.17, 15) is 23.2 Å². The Balaban J connectivity index is 1.58. The van der Waals surface area contributed by atoms with E-state index in [1.165, 1.54) is 4.90 Å². The number of carbonyl (C=O) groups is 3. The second-order valence-corrected chi connectivity index (χ2v) is 6.40. The molecule has 0 N–H and O–H groups in total. The molecule has 140 valence electrons. The molecule has 0 bridgehead atoms. The SMILES string of the molecule is Cc1ccc(N2CC(C(=O)OCC(=O)c3ccc(F)c(F)c3)CC2=O)cc1. The molecular weight excluding hydrogens is 356 g/mol. The Hall–Kier alpha value is -3.09. The quantitative estimate of drug-likeness (QED) is 0.597. The highest BCUT2D eigenvalue weighted by molar-refractivity contribution is 6.01. The van der Waals surface area contributed by atoms with Crippen molar-refractivity contribution in [2.75, 3.05) is 18.1 Å². The van der Waals surface area contributed by atoms with Crippen molar-refractivity contribution in [3.8, 4) is 0 Å². The molecule has 2 aromatic carbocycles. The number of aryl methyl sites for hydroxylation is 1. The van der Waals surface area contributed by atoms with Crippen LogP contribution in [0.4, 0.5) is 14.5 Å². The fourth-order valence-electron chi connectivity index (χ4n) is 2.85. The first kappa shape index (κ1) is 18.7. The van der Waals surface area contributed by atoms with E-state index in [-0.39, 0.29) is 24.4 Å². The lowest BCUT2D eigenvalue weighted by atomic mass is 10.1. The van der Waals surface area contributed by atoms with E-state index >= 15 is 0 Å². The average molecular weight is 373 g/mol. The Morgan fingerprint density at radius 1 is 1.11 bits per heavy atom. The molecule has 0 saturated carbocycles. The van der Waals surface area contributed by atoms with Gasteiger partial charge in [-0.3, -0.25) is 14.4 Å². The van der Waals surface area contributed by atoms with Crippen molar-refractivity contribution in [2.24, 2.45) is 5.92 Å². The second-order valence-electron chi connectivity index (χ2n) is 6.40. The smallest absolute Gasteiger partial charge is 0.311 e. The van der Waals surface area contributed by atoms with Crippen LogP contribution in [0.1, 0.15) is 22.3 Å². The molecule has 0 radical (unpaired) electrons. The molecule has 0 aliphatic carbocycles. The van der Waals surface area contributed by atoms with Crippen LogP contribution >= 0.6 is 0 Å². The predicted molar refractivity (Wildman–Crippen MR) is 93.3 cm³/mol. The molecule has 2 aromatic rings. The molecule has 1 aliphatic heterocycles. The van der Waals surface area contributed by atoms with Gasteiger partial charge in [-0.05, 0) is 37.3 Å². The van der Waals surface area contributed by atoms with Crippen LogP contribution in [0.3, 0.4) is 0 Å². The topological polar surface area (TPSA) is 63.7 Å². The third-order valence-electron chi connectivity index (χ3n) is 4.39. The summed E-state index contributed by atoms with van der Waals surface area (Å²) in [6.07, 6.45) is -0.00786. The maximum Gasteiger partial charge on any atom is 0.311 e. The lowest BCUT2D eigenvalue weighted by molar-refractivity contribution is -0.147. The number of hydrogen-bond acceptors (Lipinski definition) is 4. The van der Waals surface area contributed by atoms with Crippen LogP contribution in [0.15, 0.2) is 42.5 Å². The Kier molecular flexibility index (Phi) is 5.30. The number of carbonyl (C=O) groups excluding carboxylic acids is 3. The van der Waals surface area contributed by atoms with Gasteiger partial charge in [0.2, 0.25) is 5.91 Å². The number of halogens is 2. The van der Waals surface area contributed by atoms with Crippen molar-refractivity contribution in [1.29, 1.82) is 0 Å². The summed E-state index contributed by atoms with van der Waals surface area (Å²) in [5.74, 6) is -4.42. The largest absolute Gasteiger partial charge is 0.457 e. The van der Waals surface area contributed by atoms with E-state index in [2.05, 4.69) is 0 Å². The molecular formula is C20H17F2NO4. The van der Waals surface area contributed by atoms with Crippen molar-refractivity contribution in [1.82, 2.24) is 0 Å². The molecule has 0 aromatic heterocycles. The summed E-state index contributed by atoms with van der Waals surface area (Å²) in [5, 5.41) is 0. The Labute approximate surface area is 154 Å². The van der Waals surface area contributed by atoms with Gasteiger partial charge in [-0.2, -0.15) is 0 Å². The standard InChI is InChI=1S/C20H17F2NO4/c1-12-2-5-15(6-3-12)23-10-14(9-19(23)25)20(26)27-11-18(24)13-4-7-16(21)17(22)8-13/h2-8,14H,9-11H2,1H3. The lowest BCUT2D eigenvalue weighted by Crippen LogP contribution is -2.27. The third kappa shape index (κ3) is 4.19. The monoisotopic (exact) mass is 373 g/mol. The first-order valence-electron chi connectivity index (χ1n) is 8.37. The van der Waals surface area contributed by atoms with Gasteiger partial charge >= 0.3 is 5.97 Å². The Morgan fingerprint density at radius 3 is 2.48 bits per heavy atom. The number of hydrogen-bond donors (Lipinski definition) is 0. The third-order valence-corrected chi connectivity index (χ3v) is 4.39. The van der Waals surface area contributed by atoms with Crippen LogP contribution in [0.5, 0.6) is 0 Å². The Bertz CT molecular complexity index is 895. The van der Waals surface area contributed by atoms with Gasteiger partial charge in [0.25, 0.3) is 0 Å². The Morgan fingerprint density at radius 2 is 1.81 bits per heavy atom. The van der Waals surface area contributed by atoms with Crippen molar-refractivity contribution in [2.45, 2.75) is 13.3 Å². The van der Waals surface area contributed by atoms with E-state index < -0.39 is 35.9 Å². The lowest BCUT2D eigenvalue weighted by Gasteiger charge is -2.16. The zero-order valence-corrected chi connectivity index (χ0v) is 14.6. The number of benzene rings is 2. The normalized spacial score (nSPS) is 16.5. The van der Waals surface area contributed by atoms with Crippen LogP contribution in [0.2, 0.25) is 0 Å². The van der Waals surface area contributed by atoms with Gasteiger partial charge in [-0.25, -0.2) is 8.78 Å². The highest BCUT2D eigenvalue weighted by Crippen LogP contribution is 2.26. The van der Waals surface area contributed by atoms with Crippen LogP contribution in [-0.2, 0) is 14.3 Å². The predicted octanol–water partition coefficient (Wildman–Crippen LogP) is 3.05. The molecule has 1 saturated heterocycles. The summed E-state index contributed by atoms with van der Waals surface area (Å²) in [5.41, 5.74) is 1.65. The molecule has 5 nitrogen and oxygen atoms in total. The van der Waals surface area contributed by atoms with Gasteiger partial charge in [0, 0.05) is 24.2 Å². The number of anilines is 1. The molecule has 3 rings (SSSR count). The van der Waals surface area contributed by atoms with Gasteiger partial charge < -0.3 is 9.64 Å². The summed E-state index contributed by atoms with van der Waals surface area (Å²) in [6, 6.07) is 10.0. The number of esters is 1. The number of ether oxygens (including phenoxy) is 1. The van der Waals surface area contributed by atoms with Gasteiger partial charge in [-0.1, -0.05) is 17.7 Å². The second kappa shape index (κ2) is 7.65. The van der Waals surface area contributed by atoms with Crippen LogP contribution < -0.4 is 4.90 Å².